The molecule has 1 aromatic rings. The van der Waals surface area contributed by atoms with E-state index in [-0.39, 0.29) is 11.6 Å². The average molecular weight is 299 g/mol. The Labute approximate surface area is 112 Å². The van der Waals surface area contributed by atoms with Gasteiger partial charge in [0.1, 0.15) is 17.7 Å². The Kier molecular flexibility index (Phi) is 5.49. The number of anilines is 2. The molecule has 1 rings (SSSR count). The highest BCUT2D eigenvalue weighted by Crippen LogP contribution is 2.32. The summed E-state index contributed by atoms with van der Waals surface area (Å²) in [5.41, 5.74) is -0.961. The van der Waals surface area contributed by atoms with Crippen LogP contribution in [0.2, 0.25) is 0 Å². The summed E-state index contributed by atoms with van der Waals surface area (Å²) < 4.78 is 62.2. The third-order valence-electron chi connectivity index (χ3n) is 2.29. The van der Waals surface area contributed by atoms with Crippen molar-refractivity contribution in [1.82, 2.24) is 4.98 Å². The zero-order valence-electron chi connectivity index (χ0n) is 10.5. The predicted molar refractivity (Wildman–Crippen MR) is 63.9 cm³/mol. The summed E-state index contributed by atoms with van der Waals surface area (Å²) in [5, 5.41) is 13.8. The van der Waals surface area contributed by atoms with Gasteiger partial charge in [-0.3, -0.25) is 0 Å². The Hall–Kier alpha value is -1.64. The molecule has 0 aliphatic rings. The van der Waals surface area contributed by atoms with Crippen molar-refractivity contribution in [3.63, 3.8) is 0 Å². The second kappa shape index (κ2) is 6.69. The molecule has 114 valence electrons. The van der Waals surface area contributed by atoms with E-state index in [1.807, 2.05) is 0 Å². The third-order valence-corrected chi connectivity index (χ3v) is 2.29. The van der Waals surface area contributed by atoms with Crippen molar-refractivity contribution in [3.8, 4) is 0 Å². The Balaban J connectivity index is 2.91. The number of alkyl halides is 5. The summed E-state index contributed by atoms with van der Waals surface area (Å²) in [6.07, 6.45) is -9.54. The molecule has 1 unspecified atom stereocenters. The molecule has 0 saturated carbocycles. The van der Waals surface area contributed by atoms with Gasteiger partial charge in [0.05, 0.1) is 5.56 Å². The Morgan fingerprint density at radius 2 is 1.75 bits per heavy atom. The third kappa shape index (κ3) is 4.80. The first-order valence-corrected chi connectivity index (χ1v) is 5.77. The minimum absolute atomic E-state index is 0.0311. The predicted octanol–water partition coefficient (Wildman–Crippen LogP) is 2.57. The molecular weight excluding hydrogens is 285 g/mol. The van der Waals surface area contributed by atoms with E-state index in [1.165, 1.54) is 0 Å². The fourth-order valence-corrected chi connectivity index (χ4v) is 1.35. The molecule has 1 atom stereocenters. The average Bonchev–Trinajstić information content (AvgIpc) is 2.35. The van der Waals surface area contributed by atoms with Crippen molar-refractivity contribution in [1.29, 1.82) is 0 Å². The molecule has 0 aliphatic heterocycles. The molecule has 0 bridgehead atoms. The smallest absolute Gasteiger partial charge is 0.385 e. The highest BCUT2D eigenvalue weighted by Gasteiger charge is 2.31. The van der Waals surface area contributed by atoms with E-state index in [0.717, 1.165) is 6.07 Å². The first-order valence-electron chi connectivity index (χ1n) is 5.77. The molecule has 4 nitrogen and oxygen atoms in total. The van der Waals surface area contributed by atoms with Crippen LogP contribution < -0.4 is 10.6 Å². The zero-order chi connectivity index (χ0) is 15.3. The summed E-state index contributed by atoms with van der Waals surface area (Å²) in [7, 11) is 0. The molecule has 20 heavy (non-hydrogen) atoms. The van der Waals surface area contributed by atoms with Gasteiger partial charge in [-0.05, 0) is 19.1 Å². The van der Waals surface area contributed by atoms with Gasteiger partial charge in [-0.15, -0.1) is 0 Å². The van der Waals surface area contributed by atoms with Gasteiger partial charge in [0.25, 0.3) is 6.43 Å². The quantitative estimate of drug-likeness (QED) is 0.707. The maximum atomic E-state index is 12.7. The van der Waals surface area contributed by atoms with Crippen molar-refractivity contribution in [3.05, 3.63) is 17.7 Å². The number of hydrogen-bond donors (Lipinski definition) is 3. The van der Waals surface area contributed by atoms with Gasteiger partial charge in [-0.25, -0.2) is 13.8 Å². The van der Waals surface area contributed by atoms with Crippen molar-refractivity contribution < 1.29 is 27.1 Å². The number of rotatable bonds is 6. The monoisotopic (exact) mass is 299 g/mol. The number of aliphatic hydroxyl groups excluding tert-OH is 1. The molecule has 9 heteroatoms. The summed E-state index contributed by atoms with van der Waals surface area (Å²) in [4.78, 5) is 3.79. The number of hydrogen-bond acceptors (Lipinski definition) is 4. The number of aromatic nitrogens is 1. The fraction of sp³-hybridized carbons (Fsp3) is 0.545. The van der Waals surface area contributed by atoms with Crippen LogP contribution >= 0.6 is 0 Å². The number of aliphatic hydroxyl groups is 1. The molecule has 3 N–H and O–H groups in total. The second-order valence-electron chi connectivity index (χ2n) is 3.94. The Morgan fingerprint density at radius 3 is 2.20 bits per heavy atom. The lowest BCUT2D eigenvalue weighted by atomic mass is 10.2. The number of halogens is 5. The van der Waals surface area contributed by atoms with Crippen molar-refractivity contribution >= 4 is 11.6 Å². The largest absolute Gasteiger partial charge is 0.416 e. The Morgan fingerprint density at radius 1 is 1.20 bits per heavy atom. The summed E-state index contributed by atoms with van der Waals surface area (Å²) >= 11 is 0. The normalized spacial score (nSPS) is 13.4. The summed E-state index contributed by atoms with van der Waals surface area (Å²) in [5.74, 6) is -0.271. The lowest BCUT2D eigenvalue weighted by Crippen LogP contribution is -2.27. The van der Waals surface area contributed by atoms with Crippen molar-refractivity contribution in [2.45, 2.75) is 25.6 Å². The standard InChI is InChI=1S/C11H14F5N3O/c1-2-17-8-3-6(11(14,15)16)4-9(19-8)18-5-7(20)10(12)13/h3-4,7,10,20H,2,5H2,1H3,(H2,17,18,19). The lowest BCUT2D eigenvalue weighted by Gasteiger charge is -2.15. The number of nitrogens with zero attached hydrogens (tertiary/aromatic N) is 1. The van der Waals surface area contributed by atoms with Crippen LogP contribution in [0.15, 0.2) is 12.1 Å². The first-order chi connectivity index (χ1) is 9.24. The molecular formula is C11H14F5N3O. The van der Waals surface area contributed by atoms with Gasteiger partial charge in [-0.1, -0.05) is 0 Å². The summed E-state index contributed by atoms with van der Waals surface area (Å²) in [6, 6.07) is 1.51. The van der Waals surface area contributed by atoms with Crippen LogP contribution in [-0.4, -0.2) is 35.7 Å². The second-order valence-corrected chi connectivity index (χ2v) is 3.94. The molecule has 0 radical (unpaired) electrons. The molecule has 1 aromatic heterocycles. The van der Waals surface area contributed by atoms with Crippen LogP contribution in [0.5, 0.6) is 0 Å². The van der Waals surface area contributed by atoms with Gasteiger partial charge in [0.15, 0.2) is 0 Å². The van der Waals surface area contributed by atoms with E-state index in [4.69, 9.17) is 5.11 Å². The van der Waals surface area contributed by atoms with Crippen molar-refractivity contribution in [2.24, 2.45) is 0 Å². The fourth-order valence-electron chi connectivity index (χ4n) is 1.35. The van der Waals surface area contributed by atoms with Crippen LogP contribution in [0.1, 0.15) is 12.5 Å². The van der Waals surface area contributed by atoms with E-state index in [9.17, 15) is 22.0 Å². The van der Waals surface area contributed by atoms with Crippen molar-refractivity contribution in [2.75, 3.05) is 23.7 Å². The van der Waals surface area contributed by atoms with Crippen LogP contribution in [0.25, 0.3) is 0 Å². The highest BCUT2D eigenvalue weighted by atomic mass is 19.4. The highest BCUT2D eigenvalue weighted by molar-refractivity contribution is 5.49. The van der Waals surface area contributed by atoms with Crippen LogP contribution in [-0.2, 0) is 6.18 Å². The molecule has 0 spiro atoms. The first kappa shape index (κ1) is 16.4. The molecule has 1 heterocycles. The number of pyridine rings is 1. The summed E-state index contributed by atoms with van der Waals surface area (Å²) in [6.45, 7) is 1.43. The molecule has 0 fully saturated rings. The zero-order valence-corrected chi connectivity index (χ0v) is 10.5. The number of nitrogens with one attached hydrogen (secondary N) is 2. The van der Waals surface area contributed by atoms with E-state index in [2.05, 4.69) is 15.6 Å². The minimum atomic E-state index is -4.58. The van der Waals surface area contributed by atoms with Gasteiger partial charge >= 0.3 is 6.18 Å². The topological polar surface area (TPSA) is 57.2 Å². The molecule has 0 saturated heterocycles. The van der Waals surface area contributed by atoms with E-state index < -0.39 is 30.8 Å². The van der Waals surface area contributed by atoms with Gasteiger partial charge in [-0.2, -0.15) is 13.2 Å². The van der Waals surface area contributed by atoms with Gasteiger partial charge in [0.2, 0.25) is 0 Å². The molecule has 0 aliphatic carbocycles. The van der Waals surface area contributed by atoms with Crippen LogP contribution in [0.4, 0.5) is 33.6 Å². The molecule has 0 aromatic carbocycles. The van der Waals surface area contributed by atoms with E-state index in [0.29, 0.717) is 12.6 Å². The minimum Gasteiger partial charge on any atom is -0.385 e. The maximum Gasteiger partial charge on any atom is 0.416 e. The van der Waals surface area contributed by atoms with Crippen LogP contribution in [0, 0.1) is 0 Å². The Bertz CT molecular complexity index is 439. The van der Waals surface area contributed by atoms with Gasteiger partial charge in [0, 0.05) is 13.1 Å². The SMILES string of the molecule is CCNc1cc(C(F)(F)F)cc(NCC(O)C(F)F)n1. The maximum absolute atomic E-state index is 12.7. The van der Waals surface area contributed by atoms with E-state index in [1.54, 1.807) is 6.92 Å². The lowest BCUT2D eigenvalue weighted by molar-refractivity contribution is -0.137. The van der Waals surface area contributed by atoms with Crippen LogP contribution in [0.3, 0.4) is 0 Å². The van der Waals surface area contributed by atoms with E-state index >= 15 is 0 Å². The van der Waals surface area contributed by atoms with Gasteiger partial charge < -0.3 is 15.7 Å². The molecule has 0 amide bonds.